The summed E-state index contributed by atoms with van der Waals surface area (Å²) in [5.41, 5.74) is 13.4. The smallest absolute Gasteiger partial charge is 0.256 e. The topological polar surface area (TPSA) is 117 Å². The second-order valence-corrected chi connectivity index (χ2v) is 7.37. The lowest BCUT2D eigenvalue weighted by molar-refractivity contribution is -0.117. The van der Waals surface area contributed by atoms with Gasteiger partial charge in [0.05, 0.1) is 18.5 Å². The number of nitrogens with two attached hydrogens (primary N) is 2. The fourth-order valence-electron chi connectivity index (χ4n) is 2.32. The van der Waals surface area contributed by atoms with Crippen molar-refractivity contribution in [2.75, 3.05) is 0 Å². The van der Waals surface area contributed by atoms with Crippen LogP contribution in [0.2, 0.25) is 10.0 Å². The highest BCUT2D eigenvalue weighted by Gasteiger charge is 2.17. The van der Waals surface area contributed by atoms with Crippen molar-refractivity contribution in [3.63, 3.8) is 0 Å². The monoisotopic (exact) mass is 467 g/mol. The van der Waals surface area contributed by atoms with Crippen LogP contribution in [0.25, 0.3) is 0 Å². The van der Waals surface area contributed by atoms with Gasteiger partial charge < -0.3 is 16.8 Å². The highest BCUT2D eigenvalue weighted by Crippen LogP contribution is 2.25. The van der Waals surface area contributed by atoms with Crippen LogP contribution >= 0.6 is 34.8 Å². The standard InChI is InChI=1S/C20H20Cl3N3O.CH4N2/c1-12-6-8-14(9-7-12)10-26-20(27)18(13(2)24)19(23)25-11-15-16(21)4-3-5-17(15)22;2-1-3/h3-9H,10-11,24H2,1-2H3,(H,26,27);1H,(H3,2,3)/b18-13+,25-19?;. The quantitative estimate of drug-likeness (QED) is 0.283. The summed E-state index contributed by atoms with van der Waals surface area (Å²) in [6, 6.07) is 13.0. The summed E-state index contributed by atoms with van der Waals surface area (Å²) in [5, 5.41) is 9.64. The molecule has 0 radical (unpaired) electrons. The zero-order valence-electron chi connectivity index (χ0n) is 16.7. The molecule has 0 aliphatic rings. The zero-order valence-corrected chi connectivity index (χ0v) is 18.9. The molecule has 2 aromatic rings. The average molecular weight is 469 g/mol. The number of allylic oxidation sites excluding steroid dienone is 1. The molecule has 0 saturated heterocycles. The van der Waals surface area contributed by atoms with E-state index < -0.39 is 5.91 Å². The third kappa shape index (κ3) is 8.06. The van der Waals surface area contributed by atoms with Gasteiger partial charge in [0.15, 0.2) is 0 Å². The second-order valence-electron chi connectivity index (χ2n) is 6.20. The number of carbonyl (C=O) groups excluding carboxylic acids is 1. The van der Waals surface area contributed by atoms with Gasteiger partial charge in [0.2, 0.25) is 0 Å². The van der Waals surface area contributed by atoms with Gasteiger partial charge in [-0.1, -0.05) is 70.7 Å². The fraction of sp³-hybridized carbons (Fsp3) is 0.190. The molecule has 0 spiro atoms. The van der Waals surface area contributed by atoms with E-state index in [2.05, 4.69) is 16.0 Å². The minimum Gasteiger partial charge on any atom is -0.402 e. The highest BCUT2D eigenvalue weighted by atomic mass is 35.5. The van der Waals surface area contributed by atoms with Crippen molar-refractivity contribution in [2.24, 2.45) is 16.5 Å². The molecule has 30 heavy (non-hydrogen) atoms. The minimum absolute atomic E-state index is 0.00684. The lowest BCUT2D eigenvalue weighted by Gasteiger charge is -2.10. The maximum Gasteiger partial charge on any atom is 0.256 e. The van der Waals surface area contributed by atoms with Crippen molar-refractivity contribution >= 4 is 52.2 Å². The Balaban J connectivity index is 0.00000141. The molecule has 2 aromatic carbocycles. The van der Waals surface area contributed by atoms with E-state index in [1.54, 1.807) is 25.1 Å². The molecule has 2 rings (SSSR count). The molecule has 0 heterocycles. The Labute approximate surface area is 191 Å². The molecular formula is C21H24Cl3N5O. The molecule has 1 amide bonds. The summed E-state index contributed by atoms with van der Waals surface area (Å²) in [5.74, 6) is -0.394. The van der Waals surface area contributed by atoms with Crippen molar-refractivity contribution in [3.05, 3.63) is 80.5 Å². The fourth-order valence-corrected chi connectivity index (χ4v) is 3.13. The summed E-state index contributed by atoms with van der Waals surface area (Å²) in [4.78, 5) is 16.8. The summed E-state index contributed by atoms with van der Waals surface area (Å²) in [6.45, 7) is 4.10. The first-order valence-corrected chi connectivity index (χ1v) is 9.98. The van der Waals surface area contributed by atoms with Gasteiger partial charge in [0, 0.05) is 27.9 Å². The van der Waals surface area contributed by atoms with Gasteiger partial charge >= 0.3 is 0 Å². The van der Waals surface area contributed by atoms with Gasteiger partial charge in [0.1, 0.15) is 5.17 Å². The van der Waals surface area contributed by atoms with E-state index in [0.29, 0.717) is 22.2 Å². The number of aryl methyl sites for hydroxylation is 1. The Morgan fingerprint density at radius 3 is 2.20 bits per heavy atom. The summed E-state index contributed by atoms with van der Waals surface area (Å²) >= 11 is 18.5. The van der Waals surface area contributed by atoms with E-state index in [0.717, 1.165) is 17.5 Å². The van der Waals surface area contributed by atoms with E-state index in [4.69, 9.17) is 45.9 Å². The number of carbonyl (C=O) groups is 1. The van der Waals surface area contributed by atoms with Crippen LogP contribution in [-0.2, 0) is 17.9 Å². The number of halogens is 3. The predicted octanol–water partition coefficient (Wildman–Crippen LogP) is 4.54. The van der Waals surface area contributed by atoms with Gasteiger partial charge in [0.25, 0.3) is 5.91 Å². The SMILES string of the molecule is C/C(N)=C(\C(=O)NCc1ccc(C)cc1)C(Cl)=NCc1c(Cl)cccc1Cl.N=CN. The van der Waals surface area contributed by atoms with Crippen molar-refractivity contribution < 1.29 is 4.79 Å². The molecule has 6 nitrogen and oxygen atoms in total. The molecule has 0 saturated carbocycles. The number of hydrogen-bond donors (Lipinski definition) is 4. The van der Waals surface area contributed by atoms with Crippen LogP contribution in [0.15, 0.2) is 58.7 Å². The summed E-state index contributed by atoms with van der Waals surface area (Å²) in [7, 11) is 0. The molecule has 0 unspecified atom stereocenters. The van der Waals surface area contributed by atoms with E-state index in [9.17, 15) is 4.79 Å². The molecule has 9 heteroatoms. The summed E-state index contributed by atoms with van der Waals surface area (Å²) in [6.07, 6.45) is 0.750. The molecule has 0 aliphatic carbocycles. The van der Waals surface area contributed by atoms with E-state index in [1.807, 2.05) is 31.2 Å². The number of nitrogens with zero attached hydrogens (tertiary/aromatic N) is 1. The van der Waals surface area contributed by atoms with Gasteiger partial charge in [-0.15, -0.1) is 0 Å². The Kier molecular flexibility index (Phi) is 11.0. The van der Waals surface area contributed by atoms with Crippen molar-refractivity contribution in [3.8, 4) is 0 Å². The molecule has 6 N–H and O–H groups in total. The average Bonchev–Trinajstić information content (AvgIpc) is 2.67. The zero-order chi connectivity index (χ0) is 22.7. The first-order chi connectivity index (χ1) is 14.2. The number of nitrogens with one attached hydrogen (secondary N) is 2. The minimum atomic E-state index is -0.394. The van der Waals surface area contributed by atoms with Crippen LogP contribution in [0, 0.1) is 12.3 Å². The molecule has 160 valence electrons. The van der Waals surface area contributed by atoms with E-state index >= 15 is 0 Å². The third-order valence-corrected chi connectivity index (χ3v) is 4.86. The second kappa shape index (κ2) is 12.9. The molecule has 0 fully saturated rings. The highest BCUT2D eigenvalue weighted by molar-refractivity contribution is 6.72. The molecule has 0 aromatic heterocycles. The van der Waals surface area contributed by atoms with Crippen LogP contribution in [0.5, 0.6) is 0 Å². The van der Waals surface area contributed by atoms with Crippen LogP contribution in [0.4, 0.5) is 0 Å². The summed E-state index contributed by atoms with van der Waals surface area (Å²) < 4.78 is 0. The lowest BCUT2D eigenvalue weighted by atomic mass is 10.1. The number of benzene rings is 2. The van der Waals surface area contributed by atoms with Crippen LogP contribution in [-0.4, -0.2) is 17.4 Å². The van der Waals surface area contributed by atoms with Gasteiger partial charge in [-0.3, -0.25) is 15.2 Å². The van der Waals surface area contributed by atoms with Gasteiger partial charge in [-0.05, 0) is 31.5 Å². The van der Waals surface area contributed by atoms with Crippen molar-refractivity contribution in [1.82, 2.24) is 5.32 Å². The van der Waals surface area contributed by atoms with Crippen molar-refractivity contribution in [2.45, 2.75) is 26.9 Å². The molecular weight excluding hydrogens is 445 g/mol. The maximum atomic E-state index is 12.5. The molecule has 0 atom stereocenters. The number of aliphatic imine (C=N–C) groups is 1. The first-order valence-electron chi connectivity index (χ1n) is 8.85. The van der Waals surface area contributed by atoms with Crippen LogP contribution < -0.4 is 16.8 Å². The third-order valence-electron chi connectivity index (χ3n) is 3.84. The van der Waals surface area contributed by atoms with Crippen LogP contribution in [0.3, 0.4) is 0 Å². The number of rotatable bonds is 6. The largest absolute Gasteiger partial charge is 0.402 e. The number of hydrogen-bond acceptors (Lipinski definition) is 4. The maximum absolute atomic E-state index is 12.5. The Morgan fingerprint density at radius 1 is 1.17 bits per heavy atom. The van der Waals surface area contributed by atoms with E-state index in [1.165, 1.54) is 0 Å². The Hall–Kier alpha value is -2.54. The van der Waals surface area contributed by atoms with Gasteiger partial charge in [-0.2, -0.15) is 0 Å². The lowest BCUT2D eigenvalue weighted by Crippen LogP contribution is -2.29. The van der Waals surface area contributed by atoms with Crippen LogP contribution in [0.1, 0.15) is 23.6 Å². The first kappa shape index (κ1) is 25.5. The molecule has 0 aliphatic heterocycles. The molecule has 0 bridgehead atoms. The van der Waals surface area contributed by atoms with E-state index in [-0.39, 0.29) is 23.0 Å². The van der Waals surface area contributed by atoms with Gasteiger partial charge in [-0.25, -0.2) is 0 Å². The Morgan fingerprint density at radius 2 is 1.70 bits per heavy atom. The predicted molar refractivity (Wildman–Crippen MR) is 126 cm³/mol. The normalized spacial score (nSPS) is 11.7. The van der Waals surface area contributed by atoms with Crippen molar-refractivity contribution in [1.29, 1.82) is 5.41 Å². The number of amides is 1. The Bertz CT molecular complexity index is 916.